The van der Waals surface area contributed by atoms with Gasteiger partial charge in [0.15, 0.2) is 0 Å². The molecule has 5 nitrogen and oxygen atoms in total. The second-order valence-corrected chi connectivity index (χ2v) is 5.53. The summed E-state index contributed by atoms with van der Waals surface area (Å²) in [6.07, 6.45) is 2.81. The van der Waals surface area contributed by atoms with E-state index in [-0.39, 0.29) is 12.2 Å². The number of carbonyl (C=O) groups excluding carboxylic acids is 1. The number of halogens is 1. The second kappa shape index (κ2) is 6.11. The standard InChI is InChI=1S/C15H19FN2O3/c1-10-5-4-6-11(16)12(10)18-14(21)17-9-15(13(19)20)7-2-3-8-15/h4-6H,2-3,7-9H2,1H3,(H,19,20)(H2,17,18,21). The lowest BCUT2D eigenvalue weighted by atomic mass is 9.86. The summed E-state index contributed by atoms with van der Waals surface area (Å²) in [5, 5.41) is 14.3. The average molecular weight is 294 g/mol. The van der Waals surface area contributed by atoms with Crippen molar-refractivity contribution in [2.75, 3.05) is 11.9 Å². The molecule has 0 atom stereocenters. The van der Waals surface area contributed by atoms with E-state index < -0.39 is 23.2 Å². The highest BCUT2D eigenvalue weighted by Crippen LogP contribution is 2.37. The van der Waals surface area contributed by atoms with Crippen LogP contribution in [0, 0.1) is 18.2 Å². The first-order valence-corrected chi connectivity index (χ1v) is 6.98. The number of rotatable bonds is 4. The van der Waals surface area contributed by atoms with Crippen LogP contribution in [-0.4, -0.2) is 23.7 Å². The van der Waals surface area contributed by atoms with Gasteiger partial charge >= 0.3 is 12.0 Å². The number of hydrogen-bond donors (Lipinski definition) is 3. The third-order valence-electron chi connectivity index (χ3n) is 4.06. The number of benzene rings is 1. The van der Waals surface area contributed by atoms with Crippen molar-refractivity contribution in [3.8, 4) is 0 Å². The molecule has 1 aromatic rings. The molecular formula is C15H19FN2O3. The Morgan fingerprint density at radius 1 is 1.33 bits per heavy atom. The summed E-state index contributed by atoms with van der Waals surface area (Å²) in [5.41, 5.74) is -0.161. The number of urea groups is 1. The van der Waals surface area contributed by atoms with Crippen molar-refractivity contribution in [3.05, 3.63) is 29.6 Å². The third-order valence-corrected chi connectivity index (χ3v) is 4.06. The van der Waals surface area contributed by atoms with E-state index in [1.165, 1.54) is 6.07 Å². The van der Waals surface area contributed by atoms with Gasteiger partial charge in [-0.15, -0.1) is 0 Å². The van der Waals surface area contributed by atoms with Crippen molar-refractivity contribution in [1.82, 2.24) is 5.32 Å². The lowest BCUT2D eigenvalue weighted by molar-refractivity contribution is -0.148. The molecule has 0 radical (unpaired) electrons. The molecule has 1 aliphatic rings. The van der Waals surface area contributed by atoms with Gasteiger partial charge in [0, 0.05) is 6.54 Å². The van der Waals surface area contributed by atoms with Crippen LogP contribution in [0.25, 0.3) is 0 Å². The van der Waals surface area contributed by atoms with Crippen LogP contribution >= 0.6 is 0 Å². The molecule has 0 aromatic heterocycles. The zero-order valence-corrected chi connectivity index (χ0v) is 11.9. The second-order valence-electron chi connectivity index (χ2n) is 5.53. The number of hydrogen-bond acceptors (Lipinski definition) is 2. The molecule has 3 N–H and O–H groups in total. The number of carbonyl (C=O) groups is 2. The number of nitrogens with one attached hydrogen (secondary N) is 2. The molecule has 6 heteroatoms. The maximum absolute atomic E-state index is 13.6. The minimum Gasteiger partial charge on any atom is -0.481 e. The van der Waals surface area contributed by atoms with Gasteiger partial charge in [-0.1, -0.05) is 25.0 Å². The summed E-state index contributed by atoms with van der Waals surface area (Å²) >= 11 is 0. The molecule has 1 aliphatic carbocycles. The van der Waals surface area contributed by atoms with Crippen molar-refractivity contribution >= 4 is 17.7 Å². The molecular weight excluding hydrogens is 275 g/mol. The molecule has 0 spiro atoms. The topological polar surface area (TPSA) is 78.4 Å². The summed E-state index contributed by atoms with van der Waals surface area (Å²) < 4.78 is 13.6. The third kappa shape index (κ3) is 3.32. The highest BCUT2D eigenvalue weighted by molar-refractivity contribution is 5.90. The van der Waals surface area contributed by atoms with E-state index in [2.05, 4.69) is 10.6 Å². The fourth-order valence-electron chi connectivity index (χ4n) is 2.72. The first kappa shape index (κ1) is 15.3. The number of aryl methyl sites for hydroxylation is 1. The smallest absolute Gasteiger partial charge is 0.319 e. The fourth-order valence-corrected chi connectivity index (χ4v) is 2.72. The van der Waals surface area contributed by atoms with Crippen LogP contribution in [-0.2, 0) is 4.79 Å². The largest absolute Gasteiger partial charge is 0.481 e. The lowest BCUT2D eigenvalue weighted by Crippen LogP contribution is -2.42. The number of anilines is 1. The van der Waals surface area contributed by atoms with Crippen LogP contribution in [0.15, 0.2) is 18.2 Å². The average Bonchev–Trinajstić information content (AvgIpc) is 2.91. The van der Waals surface area contributed by atoms with Crippen LogP contribution in [0.2, 0.25) is 0 Å². The van der Waals surface area contributed by atoms with Gasteiger partial charge in [0.1, 0.15) is 5.82 Å². The van der Waals surface area contributed by atoms with Gasteiger partial charge in [0.25, 0.3) is 0 Å². The van der Waals surface area contributed by atoms with Crippen molar-refractivity contribution in [2.24, 2.45) is 5.41 Å². The predicted octanol–water partition coefficient (Wildman–Crippen LogP) is 2.90. The van der Waals surface area contributed by atoms with Gasteiger partial charge in [0.2, 0.25) is 0 Å². The number of aliphatic carboxylic acids is 1. The highest BCUT2D eigenvalue weighted by Gasteiger charge is 2.41. The Labute approximate surface area is 122 Å². The number of carboxylic acids is 1. The molecule has 114 valence electrons. The minimum absolute atomic E-state index is 0.0572. The molecule has 1 fully saturated rings. The van der Waals surface area contributed by atoms with E-state index in [9.17, 15) is 19.1 Å². The van der Waals surface area contributed by atoms with Crippen LogP contribution in [0.4, 0.5) is 14.9 Å². The van der Waals surface area contributed by atoms with E-state index >= 15 is 0 Å². The Bertz CT molecular complexity index is 534. The maximum Gasteiger partial charge on any atom is 0.319 e. The number of para-hydroxylation sites is 1. The molecule has 2 rings (SSSR count). The molecule has 2 amide bonds. The quantitative estimate of drug-likeness (QED) is 0.799. The first-order chi connectivity index (χ1) is 9.94. The molecule has 0 unspecified atom stereocenters. The van der Waals surface area contributed by atoms with E-state index in [0.717, 1.165) is 12.8 Å². The highest BCUT2D eigenvalue weighted by atomic mass is 19.1. The van der Waals surface area contributed by atoms with Gasteiger partial charge in [0.05, 0.1) is 11.1 Å². The SMILES string of the molecule is Cc1cccc(F)c1NC(=O)NCC1(C(=O)O)CCCC1. The van der Waals surface area contributed by atoms with E-state index in [1.54, 1.807) is 19.1 Å². The van der Waals surface area contributed by atoms with Crippen molar-refractivity contribution in [2.45, 2.75) is 32.6 Å². The molecule has 0 heterocycles. The summed E-state index contributed by atoms with van der Waals surface area (Å²) in [6.45, 7) is 1.75. The maximum atomic E-state index is 13.6. The van der Waals surface area contributed by atoms with E-state index in [1.807, 2.05) is 0 Å². The lowest BCUT2D eigenvalue weighted by Gasteiger charge is -2.24. The van der Waals surface area contributed by atoms with Gasteiger partial charge < -0.3 is 15.7 Å². The van der Waals surface area contributed by atoms with Crippen LogP contribution in [0.3, 0.4) is 0 Å². The normalized spacial score (nSPS) is 16.5. The van der Waals surface area contributed by atoms with Crippen molar-refractivity contribution in [3.63, 3.8) is 0 Å². The Morgan fingerprint density at radius 2 is 2.00 bits per heavy atom. The first-order valence-electron chi connectivity index (χ1n) is 6.98. The monoisotopic (exact) mass is 294 g/mol. The van der Waals surface area contributed by atoms with Gasteiger partial charge in [-0.25, -0.2) is 9.18 Å². The summed E-state index contributed by atoms with van der Waals surface area (Å²) in [4.78, 5) is 23.2. The minimum atomic E-state index is -0.887. The van der Waals surface area contributed by atoms with E-state index in [4.69, 9.17) is 0 Å². The summed E-state index contributed by atoms with van der Waals surface area (Å²) in [7, 11) is 0. The zero-order chi connectivity index (χ0) is 15.5. The molecule has 21 heavy (non-hydrogen) atoms. The van der Waals surface area contributed by atoms with Gasteiger partial charge in [-0.05, 0) is 31.4 Å². The molecule has 1 saturated carbocycles. The molecule has 0 saturated heterocycles. The number of carboxylic acid groups (broad SMARTS) is 1. The van der Waals surface area contributed by atoms with Crippen molar-refractivity contribution < 1.29 is 19.1 Å². The molecule has 1 aromatic carbocycles. The fraction of sp³-hybridized carbons (Fsp3) is 0.467. The predicted molar refractivity (Wildman–Crippen MR) is 76.7 cm³/mol. The summed E-state index contributed by atoms with van der Waals surface area (Å²) in [5.74, 6) is -1.40. The zero-order valence-electron chi connectivity index (χ0n) is 11.9. The molecule has 0 aliphatic heterocycles. The molecule has 0 bridgehead atoms. The Morgan fingerprint density at radius 3 is 2.57 bits per heavy atom. The Kier molecular flexibility index (Phi) is 4.45. The van der Waals surface area contributed by atoms with Gasteiger partial charge in [-0.3, -0.25) is 4.79 Å². The van der Waals surface area contributed by atoms with Crippen LogP contribution in [0.5, 0.6) is 0 Å². The van der Waals surface area contributed by atoms with Crippen LogP contribution < -0.4 is 10.6 Å². The van der Waals surface area contributed by atoms with E-state index in [0.29, 0.717) is 18.4 Å². The number of amides is 2. The Hall–Kier alpha value is -2.11. The van der Waals surface area contributed by atoms with Crippen molar-refractivity contribution in [1.29, 1.82) is 0 Å². The van der Waals surface area contributed by atoms with Gasteiger partial charge in [-0.2, -0.15) is 0 Å². The Balaban J connectivity index is 1.98. The summed E-state index contributed by atoms with van der Waals surface area (Å²) in [6, 6.07) is 3.93. The van der Waals surface area contributed by atoms with Crippen LogP contribution in [0.1, 0.15) is 31.2 Å².